The van der Waals surface area contributed by atoms with Crippen LogP contribution >= 0.6 is 0 Å². The summed E-state index contributed by atoms with van der Waals surface area (Å²) in [4.78, 5) is 10.5. The van der Waals surface area contributed by atoms with Crippen LogP contribution in [0.1, 0.15) is 5.56 Å². The van der Waals surface area contributed by atoms with Crippen LogP contribution in [-0.2, 0) is 11.2 Å². The van der Waals surface area contributed by atoms with E-state index in [9.17, 15) is 4.79 Å². The standard InChI is InChI=1S/C9H12BNO5/c11-8(9(12)13)5-6-1-3-7(4-2-6)16-10(14)15/h1-4,8,14-15H,5,11H2,(H,12,13). The van der Waals surface area contributed by atoms with Gasteiger partial charge in [0.15, 0.2) is 0 Å². The molecule has 1 atom stereocenters. The van der Waals surface area contributed by atoms with Gasteiger partial charge in [-0.2, -0.15) is 0 Å². The van der Waals surface area contributed by atoms with Crippen LogP contribution in [0, 0.1) is 0 Å². The molecule has 0 aliphatic rings. The predicted octanol–water partition coefficient (Wildman–Crippen LogP) is -1.01. The van der Waals surface area contributed by atoms with Gasteiger partial charge in [0.25, 0.3) is 0 Å². The minimum Gasteiger partial charge on any atom is -0.512 e. The molecular formula is C9H12BNO5. The Bertz CT molecular complexity index is 353. The van der Waals surface area contributed by atoms with Gasteiger partial charge >= 0.3 is 13.3 Å². The number of carbonyl (C=O) groups is 1. The minimum absolute atomic E-state index is 0.206. The molecule has 0 spiro atoms. The summed E-state index contributed by atoms with van der Waals surface area (Å²) >= 11 is 0. The van der Waals surface area contributed by atoms with Gasteiger partial charge in [0.1, 0.15) is 11.8 Å². The molecule has 86 valence electrons. The molecule has 0 radical (unpaired) electrons. The van der Waals surface area contributed by atoms with Gasteiger partial charge in [-0.25, -0.2) is 0 Å². The molecule has 0 bridgehead atoms. The number of rotatable bonds is 5. The van der Waals surface area contributed by atoms with Gasteiger partial charge in [-0.15, -0.1) is 0 Å². The van der Waals surface area contributed by atoms with E-state index in [0.29, 0.717) is 0 Å². The third-order valence-electron chi connectivity index (χ3n) is 1.94. The van der Waals surface area contributed by atoms with Crippen molar-refractivity contribution >= 4 is 13.3 Å². The van der Waals surface area contributed by atoms with E-state index >= 15 is 0 Å². The highest BCUT2D eigenvalue weighted by Gasteiger charge is 2.13. The second-order valence-corrected chi connectivity index (χ2v) is 3.24. The molecule has 0 aliphatic carbocycles. The molecule has 1 unspecified atom stereocenters. The van der Waals surface area contributed by atoms with E-state index in [2.05, 4.69) is 4.65 Å². The summed E-state index contributed by atoms with van der Waals surface area (Å²) in [7, 11) is -1.87. The van der Waals surface area contributed by atoms with E-state index in [1.54, 1.807) is 12.1 Å². The number of carboxylic acids is 1. The highest BCUT2D eigenvalue weighted by molar-refractivity contribution is 6.33. The van der Waals surface area contributed by atoms with E-state index in [4.69, 9.17) is 20.9 Å². The lowest BCUT2D eigenvalue weighted by Crippen LogP contribution is -2.32. The van der Waals surface area contributed by atoms with Crippen LogP contribution in [0.3, 0.4) is 0 Å². The molecule has 0 saturated heterocycles. The number of carboxylic acid groups (broad SMARTS) is 1. The van der Waals surface area contributed by atoms with Gasteiger partial charge in [-0.05, 0) is 24.1 Å². The van der Waals surface area contributed by atoms with Gasteiger partial charge in [0.05, 0.1) is 0 Å². The van der Waals surface area contributed by atoms with Crippen LogP contribution in [0.15, 0.2) is 24.3 Å². The van der Waals surface area contributed by atoms with Crippen molar-refractivity contribution in [2.24, 2.45) is 5.73 Å². The van der Waals surface area contributed by atoms with E-state index in [1.807, 2.05) is 0 Å². The first-order valence-electron chi connectivity index (χ1n) is 4.59. The molecule has 0 aromatic heterocycles. The monoisotopic (exact) mass is 225 g/mol. The Balaban J connectivity index is 2.61. The van der Waals surface area contributed by atoms with Crippen molar-refractivity contribution in [3.8, 4) is 5.75 Å². The Morgan fingerprint density at radius 3 is 2.38 bits per heavy atom. The summed E-state index contributed by atoms with van der Waals surface area (Å²) < 4.78 is 4.59. The van der Waals surface area contributed by atoms with Crippen LogP contribution in [0.4, 0.5) is 0 Å². The molecule has 1 rings (SSSR count). The Hall–Kier alpha value is -1.57. The largest absolute Gasteiger partial charge is 0.707 e. The highest BCUT2D eigenvalue weighted by atomic mass is 16.6. The first kappa shape index (κ1) is 12.5. The highest BCUT2D eigenvalue weighted by Crippen LogP contribution is 2.13. The fraction of sp³-hybridized carbons (Fsp3) is 0.222. The molecule has 0 aliphatic heterocycles. The Labute approximate surface area is 92.5 Å². The normalized spacial score (nSPS) is 11.9. The van der Waals surface area contributed by atoms with Crippen LogP contribution in [0.2, 0.25) is 0 Å². The molecule has 5 N–H and O–H groups in total. The minimum atomic E-state index is -1.87. The van der Waals surface area contributed by atoms with Gasteiger partial charge in [0.2, 0.25) is 0 Å². The van der Waals surface area contributed by atoms with Crippen molar-refractivity contribution in [1.82, 2.24) is 0 Å². The predicted molar refractivity (Wildman–Crippen MR) is 56.6 cm³/mol. The average molecular weight is 225 g/mol. The quantitative estimate of drug-likeness (QED) is 0.477. The van der Waals surface area contributed by atoms with Crippen LogP contribution in [0.25, 0.3) is 0 Å². The second kappa shape index (κ2) is 5.50. The van der Waals surface area contributed by atoms with E-state index in [1.165, 1.54) is 12.1 Å². The van der Waals surface area contributed by atoms with E-state index < -0.39 is 19.3 Å². The molecule has 1 aromatic rings. The summed E-state index contributed by atoms with van der Waals surface area (Å²) in [5.41, 5.74) is 6.09. The van der Waals surface area contributed by atoms with E-state index in [-0.39, 0.29) is 12.2 Å². The zero-order chi connectivity index (χ0) is 12.1. The van der Waals surface area contributed by atoms with E-state index in [0.717, 1.165) is 5.56 Å². The van der Waals surface area contributed by atoms with Gasteiger partial charge in [-0.3, -0.25) is 4.79 Å². The maximum absolute atomic E-state index is 10.5. The zero-order valence-electron chi connectivity index (χ0n) is 8.41. The number of hydrogen-bond donors (Lipinski definition) is 4. The van der Waals surface area contributed by atoms with Crippen molar-refractivity contribution < 1.29 is 24.6 Å². The maximum atomic E-state index is 10.5. The third-order valence-corrected chi connectivity index (χ3v) is 1.94. The van der Waals surface area contributed by atoms with Crippen molar-refractivity contribution in [3.63, 3.8) is 0 Å². The lowest BCUT2D eigenvalue weighted by atomic mass is 10.1. The molecule has 7 heteroatoms. The van der Waals surface area contributed by atoms with Crippen molar-refractivity contribution in [1.29, 1.82) is 0 Å². The van der Waals surface area contributed by atoms with Crippen LogP contribution < -0.4 is 10.4 Å². The molecule has 16 heavy (non-hydrogen) atoms. The first-order chi connectivity index (χ1) is 7.49. The van der Waals surface area contributed by atoms with Gasteiger partial charge in [-0.1, -0.05) is 12.1 Å². The molecule has 1 aromatic carbocycles. The SMILES string of the molecule is NC(Cc1ccc(OB(O)O)cc1)C(=O)O. The Morgan fingerprint density at radius 1 is 1.38 bits per heavy atom. The lowest BCUT2D eigenvalue weighted by Gasteiger charge is -2.08. The first-order valence-corrected chi connectivity index (χ1v) is 4.59. The second-order valence-electron chi connectivity index (χ2n) is 3.24. The fourth-order valence-electron chi connectivity index (χ4n) is 1.17. The number of hydrogen-bond acceptors (Lipinski definition) is 5. The fourth-order valence-corrected chi connectivity index (χ4v) is 1.17. The molecule has 0 fully saturated rings. The number of aliphatic carboxylic acids is 1. The van der Waals surface area contributed by atoms with Crippen molar-refractivity contribution in [2.45, 2.75) is 12.5 Å². The summed E-state index contributed by atoms with van der Waals surface area (Å²) in [5.74, 6) is -0.784. The van der Waals surface area contributed by atoms with Gasteiger partial charge < -0.3 is 25.5 Å². The summed E-state index contributed by atoms with van der Waals surface area (Å²) in [6, 6.07) is 5.28. The lowest BCUT2D eigenvalue weighted by molar-refractivity contribution is -0.138. The Morgan fingerprint density at radius 2 is 1.94 bits per heavy atom. The van der Waals surface area contributed by atoms with Crippen molar-refractivity contribution in [3.05, 3.63) is 29.8 Å². The zero-order valence-corrected chi connectivity index (χ0v) is 8.41. The van der Waals surface area contributed by atoms with Crippen LogP contribution in [0.5, 0.6) is 5.75 Å². The van der Waals surface area contributed by atoms with Crippen LogP contribution in [-0.4, -0.2) is 34.5 Å². The third kappa shape index (κ3) is 3.89. The smallest absolute Gasteiger partial charge is 0.512 e. The molecular weight excluding hydrogens is 213 g/mol. The summed E-state index contributed by atoms with van der Waals surface area (Å²) in [5, 5.41) is 25.7. The molecule has 6 nitrogen and oxygen atoms in total. The molecule has 0 saturated carbocycles. The topological polar surface area (TPSA) is 113 Å². The van der Waals surface area contributed by atoms with Crippen molar-refractivity contribution in [2.75, 3.05) is 0 Å². The molecule has 0 amide bonds. The number of benzene rings is 1. The summed E-state index contributed by atoms with van der Waals surface area (Å²) in [6.07, 6.45) is 0.206. The summed E-state index contributed by atoms with van der Waals surface area (Å²) in [6.45, 7) is 0. The average Bonchev–Trinajstić information content (AvgIpc) is 2.20. The maximum Gasteiger partial charge on any atom is 0.707 e. The Kier molecular flexibility index (Phi) is 4.30. The molecule has 0 heterocycles. The number of nitrogens with two attached hydrogens (primary N) is 1. The van der Waals surface area contributed by atoms with Gasteiger partial charge in [0, 0.05) is 0 Å².